The van der Waals surface area contributed by atoms with Gasteiger partial charge in [0.15, 0.2) is 17.3 Å². The van der Waals surface area contributed by atoms with Gasteiger partial charge >= 0.3 is 5.97 Å². The summed E-state index contributed by atoms with van der Waals surface area (Å²) in [6.45, 7) is 0. The largest absolute Gasteiger partial charge is 0.504 e. The zero-order valence-corrected chi connectivity index (χ0v) is 11.8. The summed E-state index contributed by atoms with van der Waals surface area (Å²) in [5.74, 6) is -1.89. The molecule has 1 rings (SSSR count). The van der Waals surface area contributed by atoms with Crippen LogP contribution >= 0.6 is 0 Å². The number of aromatic hydroxyl groups is 2. The summed E-state index contributed by atoms with van der Waals surface area (Å²) >= 11 is 0. The smallest absolute Gasteiger partial charge is 0.320 e. The lowest BCUT2D eigenvalue weighted by Gasteiger charge is -2.06. The fourth-order valence-corrected chi connectivity index (χ4v) is 2.02. The number of benzene rings is 1. The van der Waals surface area contributed by atoms with Crippen LogP contribution < -0.4 is 5.73 Å². The van der Waals surface area contributed by atoms with Crippen molar-refractivity contribution >= 4 is 11.8 Å². The number of rotatable bonds is 9. The van der Waals surface area contributed by atoms with Gasteiger partial charge in [-0.05, 0) is 25.0 Å². The summed E-state index contributed by atoms with van der Waals surface area (Å²) in [6, 6.07) is 3.48. The van der Waals surface area contributed by atoms with Crippen LogP contribution in [0.1, 0.15) is 48.9 Å². The van der Waals surface area contributed by atoms with Crippen LogP contribution in [-0.4, -0.2) is 33.1 Å². The third-order valence-electron chi connectivity index (χ3n) is 3.30. The van der Waals surface area contributed by atoms with Crippen molar-refractivity contribution in [3.8, 4) is 11.5 Å². The summed E-state index contributed by atoms with van der Waals surface area (Å²) in [6.07, 6.45) is 3.66. The molecule has 1 aromatic carbocycles. The standard InChI is InChI=1S/C15H21NO5/c16-11(15(20)21)7-3-1-2-4-8-12(17)10-6-5-9-13(18)14(10)19/h5-6,9,11,18-19H,1-4,7-8,16H2,(H,20,21). The summed E-state index contributed by atoms with van der Waals surface area (Å²) in [4.78, 5) is 22.4. The number of aliphatic carboxylic acids is 1. The van der Waals surface area contributed by atoms with E-state index in [1.165, 1.54) is 18.2 Å². The molecule has 0 aliphatic heterocycles. The Morgan fingerprint density at radius 3 is 2.43 bits per heavy atom. The number of Topliss-reactive ketones (excluding diaryl/α,β-unsaturated/α-hetero) is 1. The molecule has 21 heavy (non-hydrogen) atoms. The molecule has 1 atom stereocenters. The van der Waals surface area contributed by atoms with Gasteiger partial charge in [0.25, 0.3) is 0 Å². The summed E-state index contributed by atoms with van der Waals surface area (Å²) in [5, 5.41) is 27.5. The molecule has 0 amide bonds. The molecule has 6 nitrogen and oxygen atoms in total. The highest BCUT2D eigenvalue weighted by atomic mass is 16.4. The average Bonchev–Trinajstić information content (AvgIpc) is 2.44. The summed E-state index contributed by atoms with van der Waals surface area (Å²) in [7, 11) is 0. The molecule has 0 spiro atoms. The van der Waals surface area contributed by atoms with E-state index in [0.717, 1.165) is 12.8 Å². The van der Waals surface area contributed by atoms with Crippen molar-refractivity contribution in [2.75, 3.05) is 0 Å². The summed E-state index contributed by atoms with van der Waals surface area (Å²) in [5.41, 5.74) is 5.51. The zero-order chi connectivity index (χ0) is 15.8. The number of para-hydroxylation sites is 1. The van der Waals surface area contributed by atoms with E-state index in [9.17, 15) is 19.8 Å². The van der Waals surface area contributed by atoms with Gasteiger partial charge in [0, 0.05) is 6.42 Å². The minimum Gasteiger partial charge on any atom is -0.504 e. The minimum absolute atomic E-state index is 0.128. The van der Waals surface area contributed by atoms with Gasteiger partial charge < -0.3 is 21.1 Å². The molecule has 116 valence electrons. The van der Waals surface area contributed by atoms with Crippen LogP contribution in [0, 0.1) is 0 Å². The Labute approximate surface area is 123 Å². The molecule has 5 N–H and O–H groups in total. The monoisotopic (exact) mass is 295 g/mol. The Morgan fingerprint density at radius 1 is 1.10 bits per heavy atom. The van der Waals surface area contributed by atoms with Gasteiger partial charge in [-0.3, -0.25) is 9.59 Å². The van der Waals surface area contributed by atoms with E-state index in [0.29, 0.717) is 19.3 Å². The average molecular weight is 295 g/mol. The molecule has 0 bridgehead atoms. The fourth-order valence-electron chi connectivity index (χ4n) is 2.02. The van der Waals surface area contributed by atoms with Crippen LogP contribution in [0.15, 0.2) is 18.2 Å². The first-order chi connectivity index (χ1) is 9.93. The number of phenolic OH excluding ortho intramolecular Hbond substituents is 2. The molecule has 0 saturated heterocycles. The Morgan fingerprint density at radius 2 is 1.76 bits per heavy atom. The molecule has 0 aromatic heterocycles. The lowest BCUT2D eigenvalue weighted by molar-refractivity contribution is -0.138. The Bertz CT molecular complexity index is 501. The first-order valence-corrected chi connectivity index (χ1v) is 6.96. The van der Waals surface area contributed by atoms with E-state index in [2.05, 4.69) is 0 Å². The van der Waals surface area contributed by atoms with Gasteiger partial charge in [0.2, 0.25) is 0 Å². The number of hydrogen-bond donors (Lipinski definition) is 4. The van der Waals surface area contributed by atoms with Crippen molar-refractivity contribution < 1.29 is 24.9 Å². The van der Waals surface area contributed by atoms with Gasteiger partial charge in [0.1, 0.15) is 6.04 Å². The van der Waals surface area contributed by atoms with E-state index >= 15 is 0 Å². The molecule has 0 heterocycles. The highest BCUT2D eigenvalue weighted by molar-refractivity contribution is 5.99. The predicted octanol–water partition coefficient (Wildman–Crippen LogP) is 2.03. The van der Waals surface area contributed by atoms with E-state index in [1.807, 2.05) is 0 Å². The maximum Gasteiger partial charge on any atom is 0.320 e. The Kier molecular flexibility index (Phi) is 6.68. The third-order valence-corrected chi connectivity index (χ3v) is 3.30. The Hall–Kier alpha value is -2.08. The maximum absolute atomic E-state index is 11.9. The normalized spacial score (nSPS) is 12.0. The van der Waals surface area contributed by atoms with Gasteiger partial charge in [-0.2, -0.15) is 0 Å². The van der Waals surface area contributed by atoms with Gasteiger partial charge in [-0.1, -0.05) is 25.3 Å². The quantitative estimate of drug-likeness (QED) is 0.314. The first kappa shape index (κ1) is 17.0. The van der Waals surface area contributed by atoms with Crippen LogP contribution in [0.2, 0.25) is 0 Å². The lowest BCUT2D eigenvalue weighted by atomic mass is 10.0. The molecular formula is C15H21NO5. The predicted molar refractivity (Wildman–Crippen MR) is 77.4 cm³/mol. The van der Waals surface area contributed by atoms with E-state index < -0.39 is 12.0 Å². The molecule has 0 aliphatic rings. The maximum atomic E-state index is 11.9. The van der Waals surface area contributed by atoms with Crippen LogP contribution in [0.4, 0.5) is 0 Å². The molecule has 0 saturated carbocycles. The number of phenols is 2. The molecule has 0 aliphatic carbocycles. The van der Waals surface area contributed by atoms with Crippen LogP contribution in [-0.2, 0) is 4.79 Å². The summed E-state index contributed by atoms with van der Waals surface area (Å²) < 4.78 is 0. The van der Waals surface area contributed by atoms with Crippen molar-refractivity contribution in [2.45, 2.75) is 44.6 Å². The van der Waals surface area contributed by atoms with Crippen molar-refractivity contribution in [1.82, 2.24) is 0 Å². The van der Waals surface area contributed by atoms with E-state index in [-0.39, 0.29) is 29.3 Å². The number of unbranched alkanes of at least 4 members (excludes halogenated alkanes) is 3. The van der Waals surface area contributed by atoms with E-state index in [4.69, 9.17) is 10.8 Å². The highest BCUT2D eigenvalue weighted by Crippen LogP contribution is 2.29. The molecule has 1 aromatic rings. The SMILES string of the molecule is NC(CCCCCCC(=O)c1cccc(O)c1O)C(=O)O. The number of carboxylic acid groups (broad SMARTS) is 1. The van der Waals surface area contributed by atoms with Crippen molar-refractivity contribution in [3.63, 3.8) is 0 Å². The number of ketones is 1. The number of carbonyl (C=O) groups is 2. The molecule has 0 radical (unpaired) electrons. The molecule has 6 heteroatoms. The molecule has 0 fully saturated rings. The second kappa shape index (κ2) is 8.26. The third kappa shape index (κ3) is 5.43. The first-order valence-electron chi connectivity index (χ1n) is 6.96. The van der Waals surface area contributed by atoms with Gasteiger partial charge in [-0.15, -0.1) is 0 Å². The fraction of sp³-hybridized carbons (Fsp3) is 0.467. The number of nitrogens with two attached hydrogens (primary N) is 1. The van der Waals surface area contributed by atoms with Crippen LogP contribution in [0.3, 0.4) is 0 Å². The van der Waals surface area contributed by atoms with Crippen LogP contribution in [0.25, 0.3) is 0 Å². The second-order valence-electron chi connectivity index (χ2n) is 4.99. The molecular weight excluding hydrogens is 274 g/mol. The molecule has 1 unspecified atom stereocenters. The Balaban J connectivity index is 2.25. The number of carboxylic acids is 1. The van der Waals surface area contributed by atoms with Crippen molar-refractivity contribution in [1.29, 1.82) is 0 Å². The second-order valence-corrected chi connectivity index (χ2v) is 4.99. The zero-order valence-electron chi connectivity index (χ0n) is 11.8. The van der Waals surface area contributed by atoms with Crippen molar-refractivity contribution in [3.05, 3.63) is 23.8 Å². The topological polar surface area (TPSA) is 121 Å². The lowest BCUT2D eigenvalue weighted by Crippen LogP contribution is -2.29. The van der Waals surface area contributed by atoms with Crippen LogP contribution in [0.5, 0.6) is 11.5 Å². The highest BCUT2D eigenvalue weighted by Gasteiger charge is 2.13. The van der Waals surface area contributed by atoms with Gasteiger partial charge in [0.05, 0.1) is 5.56 Å². The number of hydrogen-bond acceptors (Lipinski definition) is 5. The number of carbonyl (C=O) groups excluding carboxylic acids is 1. The van der Waals surface area contributed by atoms with E-state index in [1.54, 1.807) is 0 Å². The van der Waals surface area contributed by atoms with Gasteiger partial charge in [-0.25, -0.2) is 0 Å². The minimum atomic E-state index is -0.996. The van der Waals surface area contributed by atoms with Crippen molar-refractivity contribution in [2.24, 2.45) is 5.73 Å².